The molecule has 4 heterocycles. The molecule has 4 aromatic rings. The van der Waals surface area contributed by atoms with Gasteiger partial charge in [-0.1, -0.05) is 6.07 Å². The van der Waals surface area contributed by atoms with Gasteiger partial charge in [0.05, 0.1) is 12.0 Å². The molecule has 0 bridgehead atoms. The third kappa shape index (κ3) is 2.57. The molecule has 4 aromatic heterocycles. The fraction of sp³-hybridized carbons (Fsp3) is 0.0667. The quantitative estimate of drug-likeness (QED) is 0.614. The van der Waals surface area contributed by atoms with Crippen LogP contribution in [0, 0.1) is 0 Å². The highest BCUT2D eigenvalue weighted by molar-refractivity contribution is 5.54. The normalized spacial score (nSPS) is 11.0. The summed E-state index contributed by atoms with van der Waals surface area (Å²) in [5, 5.41) is 4.29. The summed E-state index contributed by atoms with van der Waals surface area (Å²) in [6, 6.07) is 10.8. The number of nitrogens with two attached hydrogens (primary N) is 1. The summed E-state index contributed by atoms with van der Waals surface area (Å²) in [7, 11) is 0. The Balaban J connectivity index is 1.64. The van der Waals surface area contributed by atoms with Crippen molar-refractivity contribution >= 4 is 11.6 Å². The van der Waals surface area contributed by atoms with E-state index < -0.39 is 0 Å². The van der Waals surface area contributed by atoms with Crippen LogP contribution in [0.1, 0.15) is 5.69 Å². The van der Waals surface area contributed by atoms with Gasteiger partial charge in [0.15, 0.2) is 11.4 Å². The number of anilines is 1. The second kappa shape index (κ2) is 5.41. The van der Waals surface area contributed by atoms with Gasteiger partial charge in [-0.15, -0.1) is 5.10 Å². The molecule has 2 N–H and O–H groups in total. The lowest BCUT2D eigenvalue weighted by atomic mass is 10.4. The lowest BCUT2D eigenvalue weighted by molar-refractivity contribution is 0.289. The Bertz CT molecular complexity index is 933. The molecular weight excluding hydrogens is 296 g/mol. The highest BCUT2D eigenvalue weighted by Gasteiger charge is 2.12. The molecule has 4 rings (SSSR count). The SMILES string of the molecule is Nc1nc(COc2ccccn2)cc2nc(-c3ccco3)nn12. The van der Waals surface area contributed by atoms with E-state index in [0.717, 1.165) is 0 Å². The van der Waals surface area contributed by atoms with E-state index in [2.05, 4.69) is 20.1 Å². The van der Waals surface area contributed by atoms with Gasteiger partial charge in [0, 0.05) is 18.3 Å². The number of ether oxygens (including phenoxy) is 1. The van der Waals surface area contributed by atoms with Crippen LogP contribution in [0.3, 0.4) is 0 Å². The minimum Gasteiger partial charge on any atom is -0.471 e. The number of rotatable bonds is 4. The summed E-state index contributed by atoms with van der Waals surface area (Å²) in [6.07, 6.45) is 3.23. The zero-order valence-electron chi connectivity index (χ0n) is 12.0. The van der Waals surface area contributed by atoms with E-state index in [-0.39, 0.29) is 12.6 Å². The Morgan fingerprint density at radius 2 is 2.13 bits per heavy atom. The van der Waals surface area contributed by atoms with Crippen molar-refractivity contribution in [2.75, 3.05) is 5.73 Å². The molecular formula is C15H12N6O2. The van der Waals surface area contributed by atoms with Crippen LogP contribution >= 0.6 is 0 Å². The molecule has 0 saturated heterocycles. The van der Waals surface area contributed by atoms with Crippen LogP contribution in [0.2, 0.25) is 0 Å². The molecule has 0 aliphatic carbocycles. The molecule has 114 valence electrons. The number of fused-ring (bicyclic) bond motifs is 1. The molecule has 0 saturated carbocycles. The Kier molecular flexibility index (Phi) is 3.12. The first kappa shape index (κ1) is 13.3. The smallest absolute Gasteiger partial charge is 0.223 e. The number of hydrogen-bond donors (Lipinski definition) is 1. The molecule has 8 nitrogen and oxygen atoms in total. The molecule has 0 amide bonds. The largest absolute Gasteiger partial charge is 0.471 e. The van der Waals surface area contributed by atoms with Crippen LogP contribution < -0.4 is 10.5 Å². The van der Waals surface area contributed by atoms with Crippen molar-refractivity contribution in [1.82, 2.24) is 24.6 Å². The Morgan fingerprint density at radius 1 is 1.17 bits per heavy atom. The topological polar surface area (TPSA) is 104 Å². The van der Waals surface area contributed by atoms with Crippen molar-refractivity contribution in [3.8, 4) is 17.5 Å². The van der Waals surface area contributed by atoms with Crippen LogP contribution in [0.25, 0.3) is 17.2 Å². The maximum absolute atomic E-state index is 5.94. The van der Waals surface area contributed by atoms with Crippen LogP contribution in [-0.4, -0.2) is 24.6 Å². The molecule has 0 atom stereocenters. The molecule has 23 heavy (non-hydrogen) atoms. The zero-order valence-corrected chi connectivity index (χ0v) is 12.0. The fourth-order valence-electron chi connectivity index (χ4n) is 2.13. The lowest BCUT2D eigenvalue weighted by Crippen LogP contribution is -2.07. The number of nitrogens with zero attached hydrogens (tertiary/aromatic N) is 5. The summed E-state index contributed by atoms with van der Waals surface area (Å²) in [5.74, 6) is 1.77. The first-order chi connectivity index (χ1) is 11.3. The predicted octanol–water partition coefficient (Wildman–Crippen LogP) is 1.94. The second-order valence-corrected chi connectivity index (χ2v) is 4.75. The van der Waals surface area contributed by atoms with Crippen molar-refractivity contribution in [2.24, 2.45) is 0 Å². The maximum atomic E-state index is 5.94. The van der Waals surface area contributed by atoms with Crippen LogP contribution in [0.15, 0.2) is 53.3 Å². The number of aromatic nitrogens is 5. The van der Waals surface area contributed by atoms with Crippen LogP contribution in [-0.2, 0) is 6.61 Å². The summed E-state index contributed by atoms with van der Waals surface area (Å²) in [5.41, 5.74) is 7.15. The first-order valence-electron chi connectivity index (χ1n) is 6.89. The van der Waals surface area contributed by atoms with Gasteiger partial charge in [-0.3, -0.25) is 0 Å². The van der Waals surface area contributed by atoms with Crippen molar-refractivity contribution in [3.05, 3.63) is 54.6 Å². The van der Waals surface area contributed by atoms with Crippen molar-refractivity contribution in [1.29, 1.82) is 0 Å². The van der Waals surface area contributed by atoms with E-state index in [0.29, 0.717) is 28.8 Å². The maximum Gasteiger partial charge on any atom is 0.223 e. The molecule has 0 unspecified atom stereocenters. The minimum atomic E-state index is 0.229. The standard InChI is InChI=1S/C15H12N6O2/c16-15-18-10(9-23-13-5-1-2-6-17-13)8-12-19-14(20-21(12)15)11-4-3-7-22-11/h1-8H,9H2,(H2,16,18). The summed E-state index contributed by atoms with van der Waals surface area (Å²) >= 11 is 0. The van der Waals surface area contributed by atoms with Crippen LogP contribution in [0.4, 0.5) is 5.95 Å². The molecule has 0 aromatic carbocycles. The Morgan fingerprint density at radius 3 is 2.91 bits per heavy atom. The van der Waals surface area contributed by atoms with E-state index in [1.54, 1.807) is 36.7 Å². The Labute approximate surface area is 130 Å². The van der Waals surface area contributed by atoms with Gasteiger partial charge < -0.3 is 14.9 Å². The molecule has 0 fully saturated rings. The van der Waals surface area contributed by atoms with Gasteiger partial charge in [-0.05, 0) is 18.2 Å². The van der Waals surface area contributed by atoms with Gasteiger partial charge in [0.1, 0.15) is 6.61 Å². The minimum absolute atomic E-state index is 0.229. The fourth-order valence-corrected chi connectivity index (χ4v) is 2.13. The van der Waals surface area contributed by atoms with Crippen molar-refractivity contribution < 1.29 is 9.15 Å². The predicted molar refractivity (Wildman–Crippen MR) is 81.5 cm³/mol. The average Bonchev–Trinajstić information content (AvgIpc) is 3.23. The molecule has 0 aliphatic heterocycles. The molecule has 0 aliphatic rings. The summed E-state index contributed by atoms with van der Waals surface area (Å²) in [6.45, 7) is 0.237. The van der Waals surface area contributed by atoms with E-state index in [4.69, 9.17) is 14.9 Å². The Hall–Kier alpha value is -3.42. The van der Waals surface area contributed by atoms with Gasteiger partial charge >= 0.3 is 0 Å². The monoisotopic (exact) mass is 308 g/mol. The number of pyridine rings is 1. The number of hydrogen-bond acceptors (Lipinski definition) is 7. The van der Waals surface area contributed by atoms with E-state index in [9.17, 15) is 0 Å². The number of nitrogen functional groups attached to an aromatic ring is 1. The third-order valence-corrected chi connectivity index (χ3v) is 3.15. The first-order valence-corrected chi connectivity index (χ1v) is 6.89. The highest BCUT2D eigenvalue weighted by Crippen LogP contribution is 2.18. The van der Waals surface area contributed by atoms with Crippen molar-refractivity contribution in [2.45, 2.75) is 6.61 Å². The van der Waals surface area contributed by atoms with Gasteiger partial charge in [-0.25, -0.2) is 15.0 Å². The summed E-state index contributed by atoms with van der Waals surface area (Å²) < 4.78 is 12.3. The van der Waals surface area contributed by atoms with Gasteiger partial charge in [0.2, 0.25) is 17.7 Å². The lowest BCUT2D eigenvalue weighted by Gasteiger charge is -2.05. The number of furan rings is 1. The molecule has 8 heteroatoms. The third-order valence-electron chi connectivity index (χ3n) is 3.15. The van der Waals surface area contributed by atoms with Crippen LogP contribution in [0.5, 0.6) is 5.88 Å². The van der Waals surface area contributed by atoms with Gasteiger partial charge in [0.25, 0.3) is 0 Å². The molecule has 0 radical (unpaired) electrons. The average molecular weight is 308 g/mol. The van der Waals surface area contributed by atoms with E-state index in [1.165, 1.54) is 4.52 Å². The van der Waals surface area contributed by atoms with Crippen molar-refractivity contribution in [3.63, 3.8) is 0 Å². The summed E-state index contributed by atoms with van der Waals surface area (Å²) in [4.78, 5) is 12.8. The van der Waals surface area contributed by atoms with E-state index >= 15 is 0 Å². The molecule has 0 spiro atoms. The van der Waals surface area contributed by atoms with Gasteiger partial charge in [-0.2, -0.15) is 4.52 Å². The zero-order chi connectivity index (χ0) is 15.6. The highest BCUT2D eigenvalue weighted by atomic mass is 16.5. The van der Waals surface area contributed by atoms with E-state index in [1.807, 2.05) is 12.1 Å². The second-order valence-electron chi connectivity index (χ2n) is 4.75.